The summed E-state index contributed by atoms with van der Waals surface area (Å²) in [4.78, 5) is 11.0. The van der Waals surface area contributed by atoms with E-state index in [0.717, 1.165) is 49.1 Å². The van der Waals surface area contributed by atoms with Crippen molar-refractivity contribution in [2.45, 2.75) is 19.9 Å². The average Bonchev–Trinajstić information content (AvgIpc) is 2.47. The highest BCUT2D eigenvalue weighted by Gasteiger charge is 2.17. The minimum Gasteiger partial charge on any atom is -0.368 e. The lowest BCUT2D eigenvalue weighted by Gasteiger charge is -2.29. The fourth-order valence-electron chi connectivity index (χ4n) is 2.70. The lowest BCUT2D eigenvalue weighted by atomic mass is 10.00. The Hall–Kier alpha value is -1.65. The van der Waals surface area contributed by atoms with E-state index in [2.05, 4.69) is 26.3 Å². The fraction of sp³-hybridized carbons (Fsp3) is 0.375. The number of hydrogen-bond donors (Lipinski definition) is 1. The summed E-state index contributed by atoms with van der Waals surface area (Å²) in [6.45, 7) is 5.83. The molecule has 1 N–H and O–H groups in total. The van der Waals surface area contributed by atoms with Crippen molar-refractivity contribution in [3.05, 3.63) is 52.4 Å². The molecule has 0 saturated heterocycles. The number of aromatic nitrogens is 2. The molecule has 2 aromatic rings. The molecule has 0 atom stereocenters. The zero-order chi connectivity index (χ0) is 14.7. The highest BCUT2D eigenvalue weighted by molar-refractivity contribution is 6.31. The molecule has 0 spiro atoms. The van der Waals surface area contributed by atoms with Gasteiger partial charge in [0.25, 0.3) is 0 Å². The Kier molecular flexibility index (Phi) is 4.36. The monoisotopic (exact) mass is 302 g/mol. The molecule has 4 nitrogen and oxygen atoms in total. The molecule has 1 aromatic heterocycles. The van der Waals surface area contributed by atoms with Gasteiger partial charge in [0.15, 0.2) is 0 Å². The molecule has 2 heterocycles. The van der Waals surface area contributed by atoms with E-state index in [9.17, 15) is 0 Å². The van der Waals surface area contributed by atoms with E-state index in [0.29, 0.717) is 0 Å². The van der Waals surface area contributed by atoms with Gasteiger partial charge in [-0.3, -0.25) is 9.88 Å². The van der Waals surface area contributed by atoms with Crippen molar-refractivity contribution < 1.29 is 0 Å². The lowest BCUT2D eigenvalue weighted by Crippen LogP contribution is -2.34. The van der Waals surface area contributed by atoms with Crippen molar-refractivity contribution in [1.29, 1.82) is 0 Å². The second kappa shape index (κ2) is 6.41. The molecule has 0 radical (unpaired) electrons. The van der Waals surface area contributed by atoms with E-state index in [1.807, 2.05) is 19.1 Å². The van der Waals surface area contributed by atoms with E-state index in [-0.39, 0.29) is 0 Å². The lowest BCUT2D eigenvalue weighted by molar-refractivity contribution is 0.264. The van der Waals surface area contributed by atoms with Gasteiger partial charge in [0.1, 0.15) is 5.82 Å². The zero-order valence-electron chi connectivity index (χ0n) is 12.1. The first-order valence-corrected chi connectivity index (χ1v) is 7.61. The first-order valence-electron chi connectivity index (χ1n) is 7.23. The van der Waals surface area contributed by atoms with E-state index in [4.69, 9.17) is 11.6 Å². The van der Waals surface area contributed by atoms with E-state index in [1.54, 1.807) is 12.4 Å². The van der Waals surface area contributed by atoms with Gasteiger partial charge in [0.2, 0.25) is 0 Å². The second-order valence-electron chi connectivity index (χ2n) is 5.38. The van der Waals surface area contributed by atoms with Crippen molar-refractivity contribution in [3.8, 4) is 0 Å². The van der Waals surface area contributed by atoms with Crippen LogP contribution in [0.15, 0.2) is 30.6 Å². The molecular weight excluding hydrogens is 284 g/mol. The molecule has 1 aliphatic heterocycles. The quantitative estimate of drug-likeness (QED) is 0.943. The summed E-state index contributed by atoms with van der Waals surface area (Å²) < 4.78 is 0. The molecule has 0 bridgehead atoms. The number of anilines is 1. The first kappa shape index (κ1) is 14.3. The van der Waals surface area contributed by atoms with E-state index < -0.39 is 0 Å². The summed E-state index contributed by atoms with van der Waals surface area (Å²) in [7, 11) is 0. The molecule has 0 fully saturated rings. The van der Waals surface area contributed by atoms with Gasteiger partial charge < -0.3 is 5.32 Å². The highest BCUT2D eigenvalue weighted by Crippen LogP contribution is 2.25. The number of nitrogens with one attached hydrogen (secondary N) is 1. The van der Waals surface area contributed by atoms with Crippen LogP contribution >= 0.6 is 11.6 Å². The maximum absolute atomic E-state index is 6.24. The van der Waals surface area contributed by atoms with Gasteiger partial charge in [0.05, 0.1) is 11.9 Å². The number of rotatable bonds is 4. The highest BCUT2D eigenvalue weighted by atomic mass is 35.5. The maximum Gasteiger partial charge on any atom is 0.144 e. The van der Waals surface area contributed by atoms with Crippen LogP contribution in [0.2, 0.25) is 5.02 Å². The summed E-state index contributed by atoms with van der Waals surface area (Å²) in [5.41, 5.74) is 3.60. The van der Waals surface area contributed by atoms with E-state index >= 15 is 0 Å². The molecule has 0 aliphatic carbocycles. The molecular formula is C16H19ClN4. The first-order chi connectivity index (χ1) is 10.2. The number of hydrogen-bond acceptors (Lipinski definition) is 4. The molecule has 5 heteroatoms. The number of benzene rings is 1. The SMILES string of the molecule is Cc1cncc(NCCN2CCc3c(Cl)cccc3C2)n1. The number of aryl methyl sites for hydroxylation is 1. The van der Waals surface area contributed by atoms with Crippen LogP contribution in [0.25, 0.3) is 0 Å². The summed E-state index contributed by atoms with van der Waals surface area (Å²) in [5, 5.41) is 4.23. The van der Waals surface area contributed by atoms with Crippen molar-refractivity contribution in [2.24, 2.45) is 0 Å². The Labute approximate surface area is 130 Å². The van der Waals surface area contributed by atoms with Crippen LogP contribution in [-0.4, -0.2) is 34.5 Å². The van der Waals surface area contributed by atoms with Gasteiger partial charge in [0, 0.05) is 37.4 Å². The largest absolute Gasteiger partial charge is 0.368 e. The van der Waals surface area contributed by atoms with Gasteiger partial charge >= 0.3 is 0 Å². The van der Waals surface area contributed by atoms with Gasteiger partial charge in [-0.25, -0.2) is 4.98 Å². The molecule has 0 saturated carbocycles. The van der Waals surface area contributed by atoms with Gasteiger partial charge in [-0.1, -0.05) is 23.7 Å². The van der Waals surface area contributed by atoms with Crippen molar-refractivity contribution in [1.82, 2.24) is 14.9 Å². The van der Waals surface area contributed by atoms with Gasteiger partial charge in [-0.05, 0) is 30.5 Å². The fourth-order valence-corrected chi connectivity index (χ4v) is 2.99. The van der Waals surface area contributed by atoms with Crippen molar-refractivity contribution >= 4 is 17.4 Å². The predicted molar refractivity (Wildman–Crippen MR) is 85.7 cm³/mol. The summed E-state index contributed by atoms with van der Waals surface area (Å²) in [6.07, 6.45) is 4.55. The topological polar surface area (TPSA) is 41.1 Å². The van der Waals surface area contributed by atoms with Crippen LogP contribution < -0.4 is 5.32 Å². The Morgan fingerprint density at radius 1 is 1.33 bits per heavy atom. The van der Waals surface area contributed by atoms with Crippen LogP contribution in [0.1, 0.15) is 16.8 Å². The van der Waals surface area contributed by atoms with Gasteiger partial charge in [-0.2, -0.15) is 0 Å². The van der Waals surface area contributed by atoms with Crippen LogP contribution in [0.3, 0.4) is 0 Å². The third kappa shape index (κ3) is 3.52. The Balaban J connectivity index is 1.53. The van der Waals surface area contributed by atoms with E-state index in [1.165, 1.54) is 11.1 Å². The van der Waals surface area contributed by atoms with Crippen molar-refractivity contribution in [3.63, 3.8) is 0 Å². The summed E-state index contributed by atoms with van der Waals surface area (Å²) in [6, 6.07) is 6.19. The Morgan fingerprint density at radius 3 is 3.10 bits per heavy atom. The van der Waals surface area contributed by atoms with Crippen LogP contribution in [0, 0.1) is 6.92 Å². The van der Waals surface area contributed by atoms with Gasteiger partial charge in [-0.15, -0.1) is 0 Å². The molecule has 110 valence electrons. The molecule has 0 unspecified atom stereocenters. The predicted octanol–water partition coefficient (Wildman–Crippen LogP) is 2.91. The maximum atomic E-state index is 6.24. The second-order valence-corrected chi connectivity index (χ2v) is 5.78. The number of fused-ring (bicyclic) bond motifs is 1. The number of nitrogens with zero attached hydrogens (tertiary/aromatic N) is 3. The summed E-state index contributed by atoms with van der Waals surface area (Å²) in [5.74, 6) is 0.843. The molecule has 1 aromatic carbocycles. The zero-order valence-corrected chi connectivity index (χ0v) is 12.9. The Bertz CT molecular complexity index is 629. The third-order valence-corrected chi connectivity index (χ3v) is 4.13. The molecule has 21 heavy (non-hydrogen) atoms. The van der Waals surface area contributed by atoms with Crippen LogP contribution in [0.4, 0.5) is 5.82 Å². The van der Waals surface area contributed by atoms with Crippen LogP contribution in [0.5, 0.6) is 0 Å². The normalized spacial score (nSPS) is 14.8. The number of halogens is 1. The third-order valence-electron chi connectivity index (χ3n) is 3.78. The summed E-state index contributed by atoms with van der Waals surface area (Å²) >= 11 is 6.24. The average molecular weight is 303 g/mol. The minimum atomic E-state index is 0.843. The molecule has 1 aliphatic rings. The smallest absolute Gasteiger partial charge is 0.144 e. The molecule has 0 amide bonds. The standard InChI is InChI=1S/C16H19ClN4/c1-12-9-18-10-16(20-12)19-6-8-21-7-5-14-13(11-21)3-2-4-15(14)17/h2-4,9-10H,5-8,11H2,1H3,(H,19,20). The van der Waals surface area contributed by atoms with Crippen LogP contribution in [-0.2, 0) is 13.0 Å². The minimum absolute atomic E-state index is 0.843. The van der Waals surface area contributed by atoms with Crippen molar-refractivity contribution in [2.75, 3.05) is 25.0 Å². The molecule has 3 rings (SSSR count). The Morgan fingerprint density at radius 2 is 2.24 bits per heavy atom.